The van der Waals surface area contributed by atoms with Crippen LogP contribution in [0.3, 0.4) is 0 Å². The Balaban J connectivity index is 1.43. The second-order valence-corrected chi connectivity index (χ2v) is 9.51. The zero-order valence-corrected chi connectivity index (χ0v) is 19.3. The predicted molar refractivity (Wildman–Crippen MR) is 120 cm³/mol. The zero-order chi connectivity index (χ0) is 22.5. The molecule has 1 aromatic carbocycles. The molecule has 2 saturated heterocycles. The van der Waals surface area contributed by atoms with Gasteiger partial charge in [-0.2, -0.15) is 0 Å². The van der Waals surface area contributed by atoms with Crippen molar-refractivity contribution in [2.75, 3.05) is 45.8 Å². The number of amides is 2. The molecule has 0 saturated carbocycles. The molecule has 1 N–H and O–H groups in total. The van der Waals surface area contributed by atoms with Gasteiger partial charge in [0.25, 0.3) is 0 Å². The summed E-state index contributed by atoms with van der Waals surface area (Å²) in [5.41, 5.74) is 0.881. The molecule has 2 fully saturated rings. The van der Waals surface area contributed by atoms with Crippen LogP contribution in [0.2, 0.25) is 0 Å². The molecular formula is C24H37FN4O2. The van der Waals surface area contributed by atoms with Gasteiger partial charge in [0, 0.05) is 39.3 Å². The van der Waals surface area contributed by atoms with E-state index in [1.54, 1.807) is 12.1 Å². The summed E-state index contributed by atoms with van der Waals surface area (Å²) in [6.45, 7) is 13.6. The van der Waals surface area contributed by atoms with Crippen molar-refractivity contribution in [3.63, 3.8) is 0 Å². The summed E-state index contributed by atoms with van der Waals surface area (Å²) in [5.74, 6) is 1.06. The van der Waals surface area contributed by atoms with Gasteiger partial charge < -0.3 is 10.2 Å². The number of rotatable bonds is 6. The number of nitrogens with zero attached hydrogens (tertiary/aromatic N) is 3. The van der Waals surface area contributed by atoms with Gasteiger partial charge in [-0.1, -0.05) is 26.0 Å². The molecule has 1 aromatic rings. The summed E-state index contributed by atoms with van der Waals surface area (Å²) >= 11 is 0. The van der Waals surface area contributed by atoms with Gasteiger partial charge in [-0.3, -0.25) is 19.4 Å². The Morgan fingerprint density at radius 1 is 1.03 bits per heavy atom. The maximum absolute atomic E-state index is 13.1. The number of hydrogen-bond donors (Lipinski definition) is 1. The van der Waals surface area contributed by atoms with Crippen molar-refractivity contribution in [2.24, 2.45) is 11.8 Å². The normalized spacial score (nSPS) is 25.1. The van der Waals surface area contributed by atoms with Gasteiger partial charge in [-0.25, -0.2) is 4.39 Å². The summed E-state index contributed by atoms with van der Waals surface area (Å²) in [5, 5.41) is 3.03. The summed E-state index contributed by atoms with van der Waals surface area (Å²) in [7, 11) is 0. The molecule has 2 aliphatic rings. The van der Waals surface area contributed by atoms with Crippen LogP contribution in [0.25, 0.3) is 0 Å². The number of benzene rings is 1. The highest BCUT2D eigenvalue weighted by atomic mass is 19.1. The Labute approximate surface area is 185 Å². The minimum Gasteiger partial charge on any atom is -0.348 e. The second kappa shape index (κ2) is 10.6. The fourth-order valence-corrected chi connectivity index (χ4v) is 4.80. The quantitative estimate of drug-likeness (QED) is 0.751. The van der Waals surface area contributed by atoms with E-state index in [0.29, 0.717) is 18.4 Å². The van der Waals surface area contributed by atoms with Crippen molar-refractivity contribution in [1.82, 2.24) is 20.0 Å². The van der Waals surface area contributed by atoms with E-state index >= 15 is 0 Å². The average molecular weight is 433 g/mol. The molecule has 0 aliphatic carbocycles. The van der Waals surface area contributed by atoms with Crippen molar-refractivity contribution < 1.29 is 14.0 Å². The molecule has 31 heavy (non-hydrogen) atoms. The summed E-state index contributed by atoms with van der Waals surface area (Å²) < 4.78 is 13.1. The monoisotopic (exact) mass is 432 g/mol. The zero-order valence-electron chi connectivity index (χ0n) is 19.3. The van der Waals surface area contributed by atoms with Gasteiger partial charge in [0.05, 0.1) is 18.6 Å². The number of carbonyl (C=O) groups excluding carboxylic acids is 2. The van der Waals surface area contributed by atoms with E-state index in [4.69, 9.17) is 0 Å². The van der Waals surface area contributed by atoms with Crippen molar-refractivity contribution >= 4 is 11.8 Å². The smallest absolute Gasteiger partial charge is 0.237 e. The largest absolute Gasteiger partial charge is 0.348 e. The van der Waals surface area contributed by atoms with E-state index in [2.05, 4.69) is 29.0 Å². The number of halogens is 1. The molecule has 0 unspecified atom stereocenters. The predicted octanol–water partition coefficient (Wildman–Crippen LogP) is 2.51. The number of nitrogens with one attached hydrogen (secondary N) is 1. The van der Waals surface area contributed by atoms with Crippen LogP contribution in [0, 0.1) is 17.7 Å². The molecule has 2 aliphatic heterocycles. The maximum Gasteiger partial charge on any atom is 0.237 e. The molecule has 172 valence electrons. The first-order chi connectivity index (χ1) is 14.7. The summed E-state index contributed by atoms with van der Waals surface area (Å²) in [6, 6.07) is 5.79. The molecule has 2 heterocycles. The average Bonchev–Trinajstić information content (AvgIpc) is 2.73. The Morgan fingerprint density at radius 3 is 2.19 bits per heavy atom. The molecule has 3 rings (SSSR count). The van der Waals surface area contributed by atoms with Gasteiger partial charge in [0.2, 0.25) is 11.8 Å². The molecule has 0 radical (unpaired) electrons. The lowest BCUT2D eigenvalue weighted by molar-refractivity contribution is -0.136. The van der Waals surface area contributed by atoms with E-state index in [0.717, 1.165) is 44.8 Å². The van der Waals surface area contributed by atoms with E-state index in [1.807, 2.05) is 18.7 Å². The maximum atomic E-state index is 13.1. The van der Waals surface area contributed by atoms with Crippen LogP contribution in [-0.4, -0.2) is 78.4 Å². The van der Waals surface area contributed by atoms with Gasteiger partial charge >= 0.3 is 0 Å². The number of piperazine rings is 1. The lowest BCUT2D eigenvalue weighted by Gasteiger charge is -2.39. The topological polar surface area (TPSA) is 55.9 Å². The summed E-state index contributed by atoms with van der Waals surface area (Å²) in [6.07, 6.45) is 1.20. The molecule has 6 nitrogen and oxygen atoms in total. The number of likely N-dealkylation sites (tertiary alicyclic amines) is 1. The SMILES string of the molecule is C[C@@H]1C[C@H](C)CN(C(=O)CN2CCN([C@H](C)C(=O)N[C@@H](C)c3ccc(F)cc3)CC2)C1. The highest BCUT2D eigenvalue weighted by molar-refractivity contribution is 5.81. The lowest BCUT2D eigenvalue weighted by Crippen LogP contribution is -2.56. The minimum atomic E-state index is -0.281. The van der Waals surface area contributed by atoms with Crippen LogP contribution in [0.4, 0.5) is 4.39 Å². The van der Waals surface area contributed by atoms with Crippen molar-refractivity contribution in [3.8, 4) is 0 Å². The first-order valence-corrected chi connectivity index (χ1v) is 11.5. The molecule has 4 atom stereocenters. The second-order valence-electron chi connectivity index (χ2n) is 9.51. The minimum absolute atomic E-state index is 0.0300. The third-order valence-electron chi connectivity index (χ3n) is 6.64. The molecule has 0 spiro atoms. The Bertz CT molecular complexity index is 738. The standard InChI is InChI=1S/C24H37FN4O2/c1-17-13-18(2)15-29(14-17)23(30)16-27-9-11-28(12-10-27)20(4)24(31)26-19(3)21-5-7-22(25)8-6-21/h5-8,17-20H,9-16H2,1-4H3,(H,26,31)/t17-,18+,19-,20+/m0/s1. The molecule has 2 amide bonds. The third-order valence-corrected chi connectivity index (χ3v) is 6.64. The first-order valence-electron chi connectivity index (χ1n) is 11.5. The number of carbonyl (C=O) groups is 2. The van der Waals surface area contributed by atoms with Crippen molar-refractivity contribution in [1.29, 1.82) is 0 Å². The van der Waals surface area contributed by atoms with Crippen LogP contribution in [0.1, 0.15) is 45.7 Å². The van der Waals surface area contributed by atoms with Crippen LogP contribution in [-0.2, 0) is 9.59 Å². The number of piperidine rings is 1. The Morgan fingerprint density at radius 2 is 1.61 bits per heavy atom. The van der Waals surface area contributed by atoms with E-state index < -0.39 is 0 Å². The van der Waals surface area contributed by atoms with Crippen molar-refractivity contribution in [2.45, 2.75) is 46.2 Å². The third kappa shape index (κ3) is 6.50. The van der Waals surface area contributed by atoms with E-state index in [9.17, 15) is 14.0 Å². The number of hydrogen-bond acceptors (Lipinski definition) is 4. The summed E-state index contributed by atoms with van der Waals surface area (Å²) in [4.78, 5) is 31.9. The highest BCUT2D eigenvalue weighted by Gasteiger charge is 2.30. The fraction of sp³-hybridized carbons (Fsp3) is 0.667. The van der Waals surface area contributed by atoms with E-state index in [1.165, 1.54) is 18.6 Å². The fourth-order valence-electron chi connectivity index (χ4n) is 4.80. The first kappa shape index (κ1) is 23.7. The van der Waals surface area contributed by atoms with E-state index in [-0.39, 0.29) is 29.7 Å². The van der Waals surface area contributed by atoms with Crippen LogP contribution >= 0.6 is 0 Å². The van der Waals surface area contributed by atoms with Crippen molar-refractivity contribution in [3.05, 3.63) is 35.6 Å². The Hall–Kier alpha value is -1.99. The highest BCUT2D eigenvalue weighted by Crippen LogP contribution is 2.21. The molecular weight excluding hydrogens is 395 g/mol. The molecule has 7 heteroatoms. The van der Waals surface area contributed by atoms with Crippen LogP contribution in [0.15, 0.2) is 24.3 Å². The van der Waals surface area contributed by atoms with Gasteiger partial charge in [0.1, 0.15) is 5.82 Å². The van der Waals surface area contributed by atoms with Crippen LogP contribution < -0.4 is 5.32 Å². The van der Waals surface area contributed by atoms with Crippen LogP contribution in [0.5, 0.6) is 0 Å². The van der Waals surface area contributed by atoms with Gasteiger partial charge in [-0.15, -0.1) is 0 Å². The molecule has 0 bridgehead atoms. The Kier molecular flexibility index (Phi) is 8.06. The lowest BCUT2D eigenvalue weighted by atomic mass is 9.92. The van der Waals surface area contributed by atoms with Gasteiger partial charge in [0.15, 0.2) is 0 Å². The molecule has 0 aromatic heterocycles. The van der Waals surface area contributed by atoms with Gasteiger partial charge in [-0.05, 0) is 49.8 Å².